The van der Waals surface area contributed by atoms with E-state index < -0.39 is 42.9 Å². The van der Waals surface area contributed by atoms with Gasteiger partial charge >= 0.3 is 0 Å². The lowest BCUT2D eigenvalue weighted by Crippen LogP contribution is -2.60. The maximum Gasteiger partial charge on any atom is 0.207 e. The first-order chi connectivity index (χ1) is 9.35. The van der Waals surface area contributed by atoms with Gasteiger partial charge in [-0.2, -0.15) is 0 Å². The van der Waals surface area contributed by atoms with Crippen LogP contribution in [-0.2, 0) is 4.74 Å². The van der Waals surface area contributed by atoms with Gasteiger partial charge in [0.05, 0.1) is 6.61 Å². The molecule has 0 amide bonds. The molecule has 20 heavy (non-hydrogen) atoms. The summed E-state index contributed by atoms with van der Waals surface area (Å²) in [6, 6.07) is 0. The van der Waals surface area contributed by atoms with Crippen LogP contribution in [0.2, 0.25) is 0 Å². The minimum absolute atomic E-state index is 0.341. The molecule has 0 radical (unpaired) electrons. The van der Waals surface area contributed by atoms with Crippen LogP contribution in [0.15, 0.2) is 12.0 Å². The molecule has 0 aromatic carbocycles. The van der Waals surface area contributed by atoms with Crippen LogP contribution in [-0.4, -0.2) is 62.3 Å². The average Bonchev–Trinajstić information content (AvgIpc) is 2.67. The summed E-state index contributed by atoms with van der Waals surface area (Å²) in [6.45, 7) is -0.733. The maximum atomic E-state index is 14.0. The molecule has 2 aliphatic rings. The monoisotopic (exact) mass is 306 g/mol. The lowest BCUT2D eigenvalue weighted by molar-refractivity contribution is -0.153. The van der Waals surface area contributed by atoms with E-state index in [4.69, 9.17) is 16.3 Å². The van der Waals surface area contributed by atoms with E-state index in [-0.39, 0.29) is 4.99 Å². The zero-order valence-electron chi connectivity index (χ0n) is 10.0. The molecule has 5 atom stereocenters. The van der Waals surface area contributed by atoms with E-state index in [9.17, 15) is 19.0 Å². The normalized spacial score (nSPS) is 41.1. The Morgan fingerprint density at radius 1 is 1.65 bits per heavy atom. The summed E-state index contributed by atoms with van der Waals surface area (Å²) >= 11 is 4.59. The number of terminal acetylenes is 1. The molecule has 1 fully saturated rings. The number of nitrogens with zero attached hydrogens (tertiary/aromatic N) is 1. The third-order valence-corrected chi connectivity index (χ3v) is 3.44. The SMILES string of the molecule is C#CC1(O)C(F)C(CO)OC1N1C=C(F)C(=S)NC1O. The standard InChI is InChI=1S/C11H12F2N2O4S/c1-2-11(18)7(13)6(4-16)19-9(11)15-3-5(12)8(20)14-10(15)17/h1,3,6-7,9-10,16-18H,4H2,(H,14,20). The second-order valence-electron chi connectivity index (χ2n) is 4.35. The Morgan fingerprint density at radius 3 is 2.85 bits per heavy atom. The molecular weight excluding hydrogens is 294 g/mol. The fourth-order valence-electron chi connectivity index (χ4n) is 2.06. The fraction of sp³-hybridized carbons (Fsp3) is 0.545. The molecule has 9 heteroatoms. The summed E-state index contributed by atoms with van der Waals surface area (Å²) in [5.41, 5.74) is -2.45. The van der Waals surface area contributed by atoms with Gasteiger partial charge < -0.3 is 30.3 Å². The Morgan fingerprint density at radius 2 is 2.30 bits per heavy atom. The van der Waals surface area contributed by atoms with Gasteiger partial charge in [-0.25, -0.2) is 8.78 Å². The van der Waals surface area contributed by atoms with E-state index in [2.05, 4.69) is 17.5 Å². The average molecular weight is 306 g/mol. The molecule has 0 spiro atoms. The van der Waals surface area contributed by atoms with Gasteiger partial charge in [-0.3, -0.25) is 0 Å². The molecule has 110 valence electrons. The van der Waals surface area contributed by atoms with Crippen molar-refractivity contribution in [2.24, 2.45) is 0 Å². The molecule has 1 saturated heterocycles. The second-order valence-corrected chi connectivity index (χ2v) is 4.76. The number of rotatable bonds is 2. The smallest absolute Gasteiger partial charge is 0.207 e. The number of ether oxygens (including phenoxy) is 1. The van der Waals surface area contributed by atoms with Crippen molar-refractivity contribution in [3.8, 4) is 12.3 Å². The Hall–Kier alpha value is -1.31. The van der Waals surface area contributed by atoms with Gasteiger partial charge in [0.25, 0.3) is 0 Å². The number of hydrogen-bond donors (Lipinski definition) is 4. The number of thiocarbonyl (C=S) groups is 1. The molecule has 2 rings (SSSR count). The van der Waals surface area contributed by atoms with Crippen LogP contribution < -0.4 is 5.32 Å². The largest absolute Gasteiger partial charge is 0.394 e. The first-order valence-electron chi connectivity index (χ1n) is 5.59. The topological polar surface area (TPSA) is 85.2 Å². The minimum atomic E-state index is -2.45. The Labute approximate surface area is 118 Å². The van der Waals surface area contributed by atoms with E-state index in [1.807, 2.05) is 5.92 Å². The Bertz CT molecular complexity index is 497. The van der Waals surface area contributed by atoms with Gasteiger partial charge in [-0.1, -0.05) is 18.1 Å². The molecule has 0 aromatic heterocycles. The van der Waals surface area contributed by atoms with E-state index in [0.29, 0.717) is 0 Å². The van der Waals surface area contributed by atoms with Crippen LogP contribution in [0.4, 0.5) is 8.78 Å². The first kappa shape index (κ1) is 15.1. The maximum absolute atomic E-state index is 14.0. The van der Waals surface area contributed by atoms with Crippen molar-refractivity contribution in [2.45, 2.75) is 30.5 Å². The summed E-state index contributed by atoms with van der Waals surface area (Å²) in [7, 11) is 0. The van der Waals surface area contributed by atoms with Crippen molar-refractivity contribution < 1.29 is 28.8 Å². The molecule has 0 aromatic rings. The zero-order chi connectivity index (χ0) is 15.1. The predicted octanol–water partition coefficient (Wildman–Crippen LogP) is -1.27. The molecule has 0 bridgehead atoms. The van der Waals surface area contributed by atoms with Crippen molar-refractivity contribution >= 4 is 17.2 Å². The van der Waals surface area contributed by atoms with Crippen molar-refractivity contribution in [3.05, 3.63) is 12.0 Å². The number of alkyl halides is 1. The highest BCUT2D eigenvalue weighted by Gasteiger charge is 2.59. The van der Waals surface area contributed by atoms with Crippen LogP contribution >= 0.6 is 12.2 Å². The summed E-state index contributed by atoms with van der Waals surface area (Å²) in [4.78, 5) is 0.416. The molecule has 5 unspecified atom stereocenters. The Kier molecular flexibility index (Phi) is 3.95. The van der Waals surface area contributed by atoms with Gasteiger partial charge in [0.15, 0.2) is 18.2 Å². The molecule has 0 aliphatic carbocycles. The number of aliphatic hydroxyl groups is 3. The van der Waals surface area contributed by atoms with E-state index in [1.54, 1.807) is 0 Å². The number of aliphatic hydroxyl groups excluding tert-OH is 2. The van der Waals surface area contributed by atoms with Gasteiger partial charge in [0.1, 0.15) is 11.1 Å². The molecule has 6 nitrogen and oxygen atoms in total. The van der Waals surface area contributed by atoms with E-state index >= 15 is 0 Å². The molecule has 2 heterocycles. The van der Waals surface area contributed by atoms with Crippen LogP contribution in [0, 0.1) is 12.3 Å². The highest BCUT2D eigenvalue weighted by Crippen LogP contribution is 2.36. The van der Waals surface area contributed by atoms with Crippen LogP contribution in [0.3, 0.4) is 0 Å². The third kappa shape index (κ3) is 2.15. The van der Waals surface area contributed by atoms with Gasteiger partial charge in [0, 0.05) is 6.20 Å². The minimum Gasteiger partial charge on any atom is -0.394 e. The predicted molar refractivity (Wildman–Crippen MR) is 67.2 cm³/mol. The quantitative estimate of drug-likeness (QED) is 0.374. The zero-order valence-corrected chi connectivity index (χ0v) is 10.8. The summed E-state index contributed by atoms with van der Waals surface area (Å²) in [5, 5.41) is 31.1. The van der Waals surface area contributed by atoms with Crippen LogP contribution in [0.5, 0.6) is 0 Å². The third-order valence-electron chi connectivity index (χ3n) is 3.13. The van der Waals surface area contributed by atoms with Crippen LogP contribution in [0.25, 0.3) is 0 Å². The van der Waals surface area contributed by atoms with Crippen molar-refractivity contribution in [1.29, 1.82) is 0 Å². The number of halogens is 2. The number of nitrogens with one attached hydrogen (secondary N) is 1. The van der Waals surface area contributed by atoms with E-state index in [1.165, 1.54) is 0 Å². The van der Waals surface area contributed by atoms with E-state index in [0.717, 1.165) is 11.1 Å². The summed E-state index contributed by atoms with van der Waals surface area (Å²) in [6.07, 6.45) is -0.771. The molecule has 2 aliphatic heterocycles. The highest BCUT2D eigenvalue weighted by atomic mass is 32.1. The summed E-state index contributed by atoms with van der Waals surface area (Å²) in [5.74, 6) is 0.921. The molecule has 0 saturated carbocycles. The first-order valence-corrected chi connectivity index (χ1v) is 6.00. The second kappa shape index (κ2) is 5.23. The Balaban J connectivity index is 2.36. The summed E-state index contributed by atoms with van der Waals surface area (Å²) < 4.78 is 32.5. The number of hydrogen-bond acceptors (Lipinski definition) is 6. The molecular formula is C11H12F2N2O4S. The van der Waals surface area contributed by atoms with Gasteiger partial charge in [-0.15, -0.1) is 6.42 Å². The highest BCUT2D eigenvalue weighted by molar-refractivity contribution is 7.80. The van der Waals surface area contributed by atoms with Crippen molar-refractivity contribution in [1.82, 2.24) is 10.2 Å². The van der Waals surface area contributed by atoms with Crippen molar-refractivity contribution in [3.63, 3.8) is 0 Å². The van der Waals surface area contributed by atoms with Gasteiger partial charge in [-0.05, 0) is 0 Å². The lowest BCUT2D eigenvalue weighted by atomic mass is 9.96. The fourth-order valence-corrected chi connectivity index (χ4v) is 2.22. The van der Waals surface area contributed by atoms with Crippen molar-refractivity contribution in [2.75, 3.05) is 6.61 Å². The van der Waals surface area contributed by atoms with Crippen LogP contribution in [0.1, 0.15) is 0 Å². The lowest BCUT2D eigenvalue weighted by Gasteiger charge is -2.39. The molecule has 4 N–H and O–H groups in total. The van der Waals surface area contributed by atoms with Gasteiger partial charge in [0.2, 0.25) is 12.0 Å².